The third kappa shape index (κ3) is 3.95. The largest absolute Gasteiger partial charge is 0.378 e. The number of nitrogens with zero attached hydrogens (tertiary/aromatic N) is 4. The minimum atomic E-state index is 0.408. The molecule has 1 aliphatic heterocycles. The molecule has 6 nitrogen and oxygen atoms in total. The predicted molar refractivity (Wildman–Crippen MR) is 110 cm³/mol. The average molecular weight is 400 g/mol. The van der Waals surface area contributed by atoms with E-state index in [1.54, 1.807) is 10.9 Å². The van der Waals surface area contributed by atoms with Crippen LogP contribution in [0.1, 0.15) is 5.56 Å². The lowest BCUT2D eigenvalue weighted by atomic mass is 10.2. The van der Waals surface area contributed by atoms with Gasteiger partial charge >= 0.3 is 0 Å². The second-order valence-corrected chi connectivity index (χ2v) is 6.87. The molecule has 1 fully saturated rings. The van der Waals surface area contributed by atoms with Gasteiger partial charge in [-0.15, -0.1) is 0 Å². The van der Waals surface area contributed by atoms with Crippen LogP contribution in [0.3, 0.4) is 0 Å². The molecule has 1 aromatic heterocycles. The first-order chi connectivity index (χ1) is 13.2. The topological polar surface area (TPSA) is 58.4 Å². The number of hydrogen-bond donors (Lipinski definition) is 1. The number of hydrogen-bond acceptors (Lipinski definition) is 5. The lowest BCUT2D eigenvalue weighted by Crippen LogP contribution is -2.36. The molecule has 138 valence electrons. The highest BCUT2D eigenvalue weighted by atomic mass is 35.5. The molecule has 3 aromatic rings. The number of H-pyrrole nitrogens is 1. The summed E-state index contributed by atoms with van der Waals surface area (Å²) >= 11 is 11.6. The predicted octanol–water partition coefficient (Wildman–Crippen LogP) is 3.98. The quantitative estimate of drug-likeness (QED) is 0.532. The van der Waals surface area contributed by atoms with Gasteiger partial charge in [-0.05, 0) is 42.0 Å². The van der Waals surface area contributed by atoms with Crippen molar-refractivity contribution >= 4 is 35.7 Å². The van der Waals surface area contributed by atoms with Crippen LogP contribution >= 0.6 is 23.8 Å². The second kappa shape index (κ2) is 8.04. The summed E-state index contributed by atoms with van der Waals surface area (Å²) in [5.41, 5.74) is 2.93. The molecule has 2 aromatic carbocycles. The van der Waals surface area contributed by atoms with Crippen molar-refractivity contribution in [3.8, 4) is 11.4 Å². The van der Waals surface area contributed by atoms with Crippen LogP contribution in [0.2, 0.25) is 5.02 Å². The summed E-state index contributed by atoms with van der Waals surface area (Å²) in [5, 5.41) is 12.1. The van der Waals surface area contributed by atoms with E-state index >= 15 is 0 Å². The van der Waals surface area contributed by atoms with E-state index in [1.165, 1.54) is 5.69 Å². The van der Waals surface area contributed by atoms with Crippen molar-refractivity contribution < 1.29 is 4.74 Å². The first kappa shape index (κ1) is 17.9. The highest BCUT2D eigenvalue weighted by Gasteiger charge is 2.12. The van der Waals surface area contributed by atoms with E-state index in [4.69, 9.17) is 28.6 Å². The fourth-order valence-electron chi connectivity index (χ4n) is 2.93. The van der Waals surface area contributed by atoms with Crippen molar-refractivity contribution in [2.24, 2.45) is 5.10 Å². The Morgan fingerprint density at radius 2 is 1.85 bits per heavy atom. The lowest BCUT2D eigenvalue weighted by Gasteiger charge is -2.28. The molecular formula is C19H18ClN5OS. The van der Waals surface area contributed by atoms with Crippen molar-refractivity contribution in [3.05, 3.63) is 63.9 Å². The van der Waals surface area contributed by atoms with Gasteiger partial charge in [-0.3, -0.25) is 0 Å². The summed E-state index contributed by atoms with van der Waals surface area (Å²) in [5.74, 6) is 0.576. The number of halogens is 1. The minimum Gasteiger partial charge on any atom is -0.378 e. The number of rotatable bonds is 4. The summed E-state index contributed by atoms with van der Waals surface area (Å²) < 4.78 is 7.38. The molecule has 1 N–H and O–H groups in total. The van der Waals surface area contributed by atoms with Gasteiger partial charge in [-0.25, -0.2) is 5.10 Å². The Hall–Kier alpha value is -2.48. The van der Waals surface area contributed by atoms with E-state index in [2.05, 4.69) is 32.3 Å². The summed E-state index contributed by atoms with van der Waals surface area (Å²) in [4.78, 5) is 2.31. The fourth-order valence-corrected chi connectivity index (χ4v) is 3.33. The number of benzene rings is 2. The van der Waals surface area contributed by atoms with Gasteiger partial charge in [-0.1, -0.05) is 35.9 Å². The first-order valence-electron chi connectivity index (χ1n) is 8.62. The van der Waals surface area contributed by atoms with Crippen molar-refractivity contribution in [1.82, 2.24) is 14.9 Å². The molecule has 0 spiro atoms. The average Bonchev–Trinajstić information content (AvgIpc) is 3.08. The molecule has 0 bridgehead atoms. The van der Waals surface area contributed by atoms with Gasteiger partial charge in [-0.2, -0.15) is 14.9 Å². The van der Waals surface area contributed by atoms with Crippen LogP contribution in [-0.2, 0) is 4.74 Å². The molecule has 0 radical (unpaired) electrons. The number of anilines is 1. The molecule has 1 aliphatic rings. The van der Waals surface area contributed by atoms with Gasteiger partial charge in [0.2, 0.25) is 4.77 Å². The monoisotopic (exact) mass is 399 g/mol. The molecule has 8 heteroatoms. The molecule has 0 atom stereocenters. The Kier molecular flexibility index (Phi) is 5.33. The van der Waals surface area contributed by atoms with E-state index in [0.29, 0.717) is 15.6 Å². The summed E-state index contributed by atoms with van der Waals surface area (Å²) in [6.45, 7) is 3.37. The van der Waals surface area contributed by atoms with Gasteiger partial charge in [0.15, 0.2) is 5.82 Å². The zero-order chi connectivity index (χ0) is 18.6. The van der Waals surface area contributed by atoms with Crippen LogP contribution in [0.15, 0.2) is 53.6 Å². The van der Waals surface area contributed by atoms with Gasteiger partial charge in [0.1, 0.15) is 0 Å². The van der Waals surface area contributed by atoms with Gasteiger partial charge in [0.05, 0.1) is 24.5 Å². The normalized spacial score (nSPS) is 14.8. The fraction of sp³-hybridized carbons (Fsp3) is 0.211. The second-order valence-electron chi connectivity index (χ2n) is 6.08. The summed E-state index contributed by atoms with van der Waals surface area (Å²) in [6.07, 6.45) is 1.76. The smallest absolute Gasteiger partial charge is 0.216 e. The molecule has 4 rings (SSSR count). The first-order valence-corrected chi connectivity index (χ1v) is 9.40. The highest BCUT2D eigenvalue weighted by Crippen LogP contribution is 2.26. The van der Waals surface area contributed by atoms with Crippen LogP contribution < -0.4 is 4.90 Å². The minimum absolute atomic E-state index is 0.408. The van der Waals surface area contributed by atoms with E-state index in [1.807, 2.05) is 36.4 Å². The van der Waals surface area contributed by atoms with Crippen molar-refractivity contribution in [2.45, 2.75) is 0 Å². The number of aromatic amines is 1. The van der Waals surface area contributed by atoms with E-state index in [0.717, 1.165) is 37.4 Å². The molecule has 2 heterocycles. The summed E-state index contributed by atoms with van der Waals surface area (Å²) in [6, 6.07) is 15.7. The third-order valence-electron chi connectivity index (χ3n) is 4.36. The van der Waals surface area contributed by atoms with Crippen molar-refractivity contribution in [2.75, 3.05) is 31.2 Å². The van der Waals surface area contributed by atoms with Crippen molar-refractivity contribution in [3.63, 3.8) is 0 Å². The van der Waals surface area contributed by atoms with Crippen LogP contribution in [0, 0.1) is 4.77 Å². The Labute approximate surface area is 167 Å². The Bertz CT molecular complexity index is 1010. The highest BCUT2D eigenvalue weighted by molar-refractivity contribution is 7.71. The summed E-state index contributed by atoms with van der Waals surface area (Å²) in [7, 11) is 0. The van der Waals surface area contributed by atoms with Gasteiger partial charge in [0, 0.05) is 24.3 Å². The Morgan fingerprint density at radius 3 is 2.59 bits per heavy atom. The Balaban J connectivity index is 1.58. The SMILES string of the molecule is S=c1[nH]nc(-c2ccccc2Cl)n1/N=C/c1ccc(N2CCOCC2)cc1. The molecule has 0 amide bonds. The number of aromatic nitrogens is 3. The Morgan fingerprint density at radius 1 is 1.11 bits per heavy atom. The van der Waals surface area contributed by atoms with Crippen LogP contribution in [-0.4, -0.2) is 47.4 Å². The van der Waals surface area contributed by atoms with E-state index in [-0.39, 0.29) is 0 Å². The molecule has 0 unspecified atom stereocenters. The number of morpholine rings is 1. The standard InChI is InChI=1S/C19H18ClN5OS/c20-17-4-2-1-3-16(17)18-22-23-19(27)25(18)21-13-14-5-7-15(8-6-14)24-9-11-26-12-10-24/h1-8,13H,9-12H2,(H,23,27)/b21-13+. The van der Waals surface area contributed by atoms with Crippen LogP contribution in [0.25, 0.3) is 11.4 Å². The van der Waals surface area contributed by atoms with Crippen molar-refractivity contribution in [1.29, 1.82) is 0 Å². The van der Waals surface area contributed by atoms with Crippen LogP contribution in [0.4, 0.5) is 5.69 Å². The zero-order valence-corrected chi connectivity index (χ0v) is 16.1. The molecular weight excluding hydrogens is 382 g/mol. The number of ether oxygens (including phenoxy) is 1. The van der Waals surface area contributed by atoms with Gasteiger partial charge in [0.25, 0.3) is 0 Å². The number of nitrogens with one attached hydrogen (secondary N) is 1. The van der Waals surface area contributed by atoms with E-state index < -0.39 is 0 Å². The third-order valence-corrected chi connectivity index (χ3v) is 4.95. The lowest BCUT2D eigenvalue weighted by molar-refractivity contribution is 0.122. The van der Waals surface area contributed by atoms with Crippen LogP contribution in [0.5, 0.6) is 0 Å². The molecule has 1 saturated heterocycles. The zero-order valence-electron chi connectivity index (χ0n) is 14.5. The molecule has 27 heavy (non-hydrogen) atoms. The van der Waals surface area contributed by atoms with Gasteiger partial charge < -0.3 is 9.64 Å². The molecule has 0 aliphatic carbocycles. The maximum atomic E-state index is 6.28. The maximum absolute atomic E-state index is 6.28. The molecule has 0 saturated carbocycles. The van der Waals surface area contributed by atoms with E-state index in [9.17, 15) is 0 Å². The maximum Gasteiger partial charge on any atom is 0.216 e.